The molecule has 2 aliphatic heterocycles. The van der Waals surface area contributed by atoms with E-state index in [9.17, 15) is 4.79 Å². The Kier molecular flexibility index (Phi) is 4.32. The van der Waals surface area contributed by atoms with Crippen molar-refractivity contribution in [3.8, 4) is 0 Å². The Morgan fingerprint density at radius 1 is 1.35 bits per heavy atom. The fourth-order valence-corrected chi connectivity index (χ4v) is 4.13. The van der Waals surface area contributed by atoms with E-state index in [1.54, 1.807) is 0 Å². The normalized spacial score (nSPS) is 33.0. The second-order valence-electron chi connectivity index (χ2n) is 7.04. The Morgan fingerprint density at radius 3 is 2.90 bits per heavy atom. The van der Waals surface area contributed by atoms with Crippen molar-refractivity contribution in [1.29, 1.82) is 0 Å². The van der Waals surface area contributed by atoms with Gasteiger partial charge in [0.2, 0.25) is 5.91 Å². The van der Waals surface area contributed by atoms with Crippen molar-refractivity contribution in [2.45, 2.75) is 51.5 Å². The summed E-state index contributed by atoms with van der Waals surface area (Å²) in [4.78, 5) is 14.8. The van der Waals surface area contributed by atoms with E-state index in [1.165, 1.54) is 38.6 Å². The quantitative estimate of drug-likeness (QED) is 0.817. The van der Waals surface area contributed by atoms with Crippen LogP contribution in [0.5, 0.6) is 0 Å². The number of carbonyl (C=O) groups is 1. The summed E-state index contributed by atoms with van der Waals surface area (Å²) in [6.45, 7) is 7.55. The van der Waals surface area contributed by atoms with E-state index in [4.69, 9.17) is 0 Å². The van der Waals surface area contributed by atoms with Gasteiger partial charge in [-0.1, -0.05) is 6.42 Å². The molecule has 3 aliphatic rings. The molecule has 1 spiro atoms. The Bertz CT molecular complexity index is 352. The summed E-state index contributed by atoms with van der Waals surface area (Å²) in [6, 6.07) is 0.692. The maximum atomic E-state index is 12.3. The molecule has 2 atom stereocenters. The van der Waals surface area contributed by atoms with Gasteiger partial charge in [-0.15, -0.1) is 0 Å². The van der Waals surface area contributed by atoms with Crippen LogP contribution in [-0.4, -0.2) is 49.6 Å². The van der Waals surface area contributed by atoms with E-state index in [1.807, 2.05) is 0 Å². The molecule has 0 radical (unpaired) electrons. The van der Waals surface area contributed by atoms with Gasteiger partial charge < -0.3 is 10.6 Å². The highest BCUT2D eigenvalue weighted by molar-refractivity contribution is 5.82. The van der Waals surface area contributed by atoms with Crippen molar-refractivity contribution in [2.24, 2.45) is 11.3 Å². The molecule has 0 aromatic heterocycles. The molecule has 2 saturated heterocycles. The first-order valence-corrected chi connectivity index (χ1v) is 8.44. The fraction of sp³-hybridized carbons (Fsp3) is 0.938. The van der Waals surface area contributed by atoms with Crippen LogP contribution in [0.25, 0.3) is 0 Å². The lowest BCUT2D eigenvalue weighted by Crippen LogP contribution is -2.43. The Labute approximate surface area is 122 Å². The van der Waals surface area contributed by atoms with Gasteiger partial charge in [0, 0.05) is 25.0 Å². The lowest BCUT2D eigenvalue weighted by Gasteiger charge is -2.33. The van der Waals surface area contributed by atoms with E-state index < -0.39 is 0 Å². The number of hydrogen-bond acceptors (Lipinski definition) is 3. The highest BCUT2D eigenvalue weighted by atomic mass is 16.2. The number of amides is 1. The minimum atomic E-state index is 0.309. The molecule has 4 heteroatoms. The zero-order chi connectivity index (χ0) is 14.0. The molecular formula is C16H29N3O. The van der Waals surface area contributed by atoms with Crippen molar-refractivity contribution < 1.29 is 4.79 Å². The maximum Gasteiger partial charge on any atom is 0.223 e. The van der Waals surface area contributed by atoms with Crippen molar-refractivity contribution in [1.82, 2.24) is 15.5 Å². The van der Waals surface area contributed by atoms with Crippen molar-refractivity contribution >= 4 is 5.91 Å². The lowest BCUT2D eigenvalue weighted by molar-refractivity contribution is -0.123. The first-order valence-electron chi connectivity index (χ1n) is 8.44. The number of nitrogens with zero attached hydrogens (tertiary/aromatic N) is 1. The predicted molar refractivity (Wildman–Crippen MR) is 80.5 cm³/mol. The predicted octanol–water partition coefficient (Wildman–Crippen LogP) is 1.37. The van der Waals surface area contributed by atoms with Crippen LogP contribution in [0.2, 0.25) is 0 Å². The number of likely N-dealkylation sites (tertiary alicyclic amines) is 1. The third kappa shape index (κ3) is 3.01. The van der Waals surface area contributed by atoms with Gasteiger partial charge in [0.15, 0.2) is 0 Å². The topological polar surface area (TPSA) is 44.4 Å². The number of nitrogens with one attached hydrogen (secondary N) is 2. The van der Waals surface area contributed by atoms with Crippen molar-refractivity contribution in [2.75, 3.05) is 32.7 Å². The van der Waals surface area contributed by atoms with E-state index >= 15 is 0 Å². The highest BCUT2D eigenvalue weighted by Crippen LogP contribution is 2.58. The average molecular weight is 279 g/mol. The van der Waals surface area contributed by atoms with Crippen LogP contribution in [-0.2, 0) is 4.79 Å². The van der Waals surface area contributed by atoms with Crippen LogP contribution in [0.4, 0.5) is 0 Å². The smallest absolute Gasteiger partial charge is 0.223 e. The average Bonchev–Trinajstić information content (AvgIpc) is 3.15. The van der Waals surface area contributed by atoms with Gasteiger partial charge in [-0.05, 0) is 64.1 Å². The molecule has 20 heavy (non-hydrogen) atoms. The summed E-state index contributed by atoms with van der Waals surface area (Å²) in [7, 11) is 0. The lowest BCUT2D eigenvalue weighted by atomic mass is 9.92. The zero-order valence-electron chi connectivity index (χ0n) is 12.8. The van der Waals surface area contributed by atoms with Gasteiger partial charge in [-0.2, -0.15) is 0 Å². The summed E-state index contributed by atoms with van der Waals surface area (Å²) < 4.78 is 0. The van der Waals surface area contributed by atoms with Crippen LogP contribution < -0.4 is 10.6 Å². The van der Waals surface area contributed by atoms with Crippen molar-refractivity contribution in [3.63, 3.8) is 0 Å². The fourth-order valence-electron chi connectivity index (χ4n) is 4.13. The Morgan fingerprint density at radius 2 is 2.15 bits per heavy atom. The minimum Gasteiger partial charge on any atom is -0.355 e. The molecule has 1 amide bonds. The number of carbonyl (C=O) groups excluding carboxylic acids is 1. The van der Waals surface area contributed by atoms with Crippen LogP contribution in [0.3, 0.4) is 0 Å². The molecule has 2 heterocycles. The molecule has 1 saturated carbocycles. The molecule has 1 aliphatic carbocycles. The molecular weight excluding hydrogens is 250 g/mol. The molecule has 114 valence electrons. The van der Waals surface area contributed by atoms with Gasteiger partial charge in [-0.3, -0.25) is 9.69 Å². The van der Waals surface area contributed by atoms with Gasteiger partial charge in [0.1, 0.15) is 0 Å². The third-order valence-electron chi connectivity index (χ3n) is 5.74. The molecule has 3 rings (SSSR count). The Balaban J connectivity index is 1.37. The maximum absolute atomic E-state index is 12.3. The molecule has 0 aromatic rings. The summed E-state index contributed by atoms with van der Waals surface area (Å²) in [5.74, 6) is 0.625. The SMILES string of the molecule is CC1CCCCN1CCNC(=O)C1CC12CCNCC2. The standard InChI is InChI=1S/C16H29N3O/c1-13-4-2-3-10-19(13)11-9-18-15(20)14-12-16(14)5-7-17-8-6-16/h13-14,17H,2-12H2,1H3,(H,18,20). The second-order valence-corrected chi connectivity index (χ2v) is 7.04. The minimum absolute atomic E-state index is 0.309. The largest absolute Gasteiger partial charge is 0.355 e. The van der Waals surface area contributed by atoms with Gasteiger partial charge in [0.25, 0.3) is 0 Å². The van der Waals surface area contributed by atoms with Gasteiger partial charge in [-0.25, -0.2) is 0 Å². The number of piperidine rings is 2. The molecule has 2 unspecified atom stereocenters. The zero-order valence-corrected chi connectivity index (χ0v) is 12.8. The van der Waals surface area contributed by atoms with E-state index in [0.29, 0.717) is 23.3 Å². The molecule has 3 fully saturated rings. The number of rotatable bonds is 4. The molecule has 0 bridgehead atoms. The van der Waals surface area contributed by atoms with Gasteiger partial charge in [0.05, 0.1) is 0 Å². The molecule has 2 N–H and O–H groups in total. The molecule has 4 nitrogen and oxygen atoms in total. The Hall–Kier alpha value is -0.610. The first kappa shape index (κ1) is 14.3. The van der Waals surface area contributed by atoms with E-state index in [-0.39, 0.29) is 0 Å². The van der Waals surface area contributed by atoms with Crippen molar-refractivity contribution in [3.05, 3.63) is 0 Å². The summed E-state index contributed by atoms with van der Waals surface area (Å²) in [5, 5.41) is 6.58. The second kappa shape index (κ2) is 6.02. The third-order valence-corrected chi connectivity index (χ3v) is 5.74. The summed E-state index contributed by atoms with van der Waals surface area (Å²) in [5.41, 5.74) is 0.369. The highest BCUT2D eigenvalue weighted by Gasteiger charge is 2.57. The molecule has 0 aromatic carbocycles. The van der Waals surface area contributed by atoms with E-state index in [0.717, 1.165) is 32.6 Å². The number of hydrogen-bond donors (Lipinski definition) is 2. The van der Waals surface area contributed by atoms with Gasteiger partial charge >= 0.3 is 0 Å². The summed E-state index contributed by atoms with van der Waals surface area (Å²) >= 11 is 0. The van der Waals surface area contributed by atoms with Crippen LogP contribution in [0, 0.1) is 11.3 Å². The summed E-state index contributed by atoms with van der Waals surface area (Å²) in [6.07, 6.45) is 7.50. The first-order chi connectivity index (χ1) is 9.71. The van der Waals surface area contributed by atoms with Crippen LogP contribution in [0.1, 0.15) is 45.4 Å². The van der Waals surface area contributed by atoms with Crippen LogP contribution >= 0.6 is 0 Å². The monoisotopic (exact) mass is 279 g/mol. The van der Waals surface area contributed by atoms with E-state index in [2.05, 4.69) is 22.5 Å². The van der Waals surface area contributed by atoms with Crippen LogP contribution in [0.15, 0.2) is 0 Å².